The van der Waals surface area contributed by atoms with Crippen molar-refractivity contribution in [2.75, 3.05) is 13.2 Å². The third kappa shape index (κ3) is 5.35. The van der Waals surface area contributed by atoms with Crippen molar-refractivity contribution in [1.29, 1.82) is 0 Å². The van der Waals surface area contributed by atoms with Crippen molar-refractivity contribution >= 4 is 0 Å². The maximum atomic E-state index is 9.44. The van der Waals surface area contributed by atoms with E-state index >= 15 is 0 Å². The first-order valence-corrected chi connectivity index (χ1v) is 8.29. The summed E-state index contributed by atoms with van der Waals surface area (Å²) in [7, 11) is 0. The van der Waals surface area contributed by atoms with E-state index in [1.807, 2.05) is 13.8 Å². The van der Waals surface area contributed by atoms with Crippen LogP contribution < -0.4 is 0 Å². The molecule has 138 valence electrons. The quantitative estimate of drug-likeness (QED) is 0.459. The van der Waals surface area contributed by atoms with Gasteiger partial charge in [0.1, 0.15) is 24.4 Å². The van der Waals surface area contributed by atoms with Gasteiger partial charge in [0.15, 0.2) is 0 Å². The lowest BCUT2D eigenvalue weighted by molar-refractivity contribution is -0.0369. The van der Waals surface area contributed by atoms with Crippen molar-refractivity contribution in [1.82, 2.24) is 0 Å². The summed E-state index contributed by atoms with van der Waals surface area (Å²) < 4.78 is 10.6. The largest absolute Gasteiger partial charge is 0.394 e. The molecular weight excluding hydrogens is 304 g/mol. The summed E-state index contributed by atoms with van der Waals surface area (Å²) in [4.78, 5) is 0. The van der Waals surface area contributed by atoms with Gasteiger partial charge in [-0.2, -0.15) is 0 Å². The van der Waals surface area contributed by atoms with Crippen LogP contribution in [0.2, 0.25) is 0 Å². The van der Waals surface area contributed by atoms with E-state index in [9.17, 15) is 15.3 Å². The first-order valence-electron chi connectivity index (χ1n) is 8.29. The standard InChI is InChI=1S/C8H16O4.C8H16O3/c1-4(2)8-7(11)6(10)5(3-9)12-8;1-5(2)7-3-6(10)8(4-9)11-7/h4-11H,3H2,1-2H3;5-10H,3-4H2,1-2H3/t5-,6+,7?,8+;6-,7-,8-/m11/s1. The average molecular weight is 336 g/mol. The molecule has 0 saturated carbocycles. The van der Waals surface area contributed by atoms with Crippen LogP contribution in [0.15, 0.2) is 0 Å². The summed E-state index contributed by atoms with van der Waals surface area (Å²) in [5.74, 6) is 0.562. The van der Waals surface area contributed by atoms with Gasteiger partial charge in [-0.05, 0) is 11.8 Å². The minimum absolute atomic E-state index is 0.0790. The maximum Gasteiger partial charge on any atom is 0.111 e. The smallest absolute Gasteiger partial charge is 0.111 e. The van der Waals surface area contributed by atoms with E-state index in [4.69, 9.17) is 19.7 Å². The molecule has 2 fully saturated rings. The molecule has 0 aromatic carbocycles. The van der Waals surface area contributed by atoms with Gasteiger partial charge in [0.25, 0.3) is 0 Å². The van der Waals surface area contributed by atoms with Gasteiger partial charge in [-0.3, -0.25) is 0 Å². The molecule has 23 heavy (non-hydrogen) atoms. The van der Waals surface area contributed by atoms with Crippen LogP contribution in [0, 0.1) is 11.8 Å². The summed E-state index contributed by atoms with van der Waals surface area (Å²) in [6.45, 7) is 7.58. The second-order valence-electron chi connectivity index (χ2n) is 6.99. The van der Waals surface area contributed by atoms with Crippen molar-refractivity contribution in [3.05, 3.63) is 0 Å². The van der Waals surface area contributed by atoms with Crippen LogP contribution in [0.4, 0.5) is 0 Å². The Kier molecular flexibility index (Phi) is 8.37. The third-order valence-corrected chi connectivity index (χ3v) is 4.41. The summed E-state index contributed by atoms with van der Waals surface area (Å²) in [5.41, 5.74) is 0. The zero-order chi connectivity index (χ0) is 17.7. The van der Waals surface area contributed by atoms with E-state index in [0.717, 1.165) is 0 Å². The first-order chi connectivity index (χ1) is 10.7. The molecule has 2 aliphatic heterocycles. The second-order valence-corrected chi connectivity index (χ2v) is 6.99. The van der Waals surface area contributed by atoms with Crippen molar-refractivity contribution < 1.29 is 35.0 Å². The zero-order valence-corrected chi connectivity index (χ0v) is 14.4. The van der Waals surface area contributed by atoms with E-state index in [1.165, 1.54) is 0 Å². The molecule has 1 unspecified atom stereocenters. The number of aliphatic hydroxyl groups is 5. The molecule has 5 N–H and O–H groups in total. The molecule has 0 amide bonds. The van der Waals surface area contributed by atoms with Crippen LogP contribution in [0.1, 0.15) is 34.1 Å². The van der Waals surface area contributed by atoms with Crippen LogP contribution >= 0.6 is 0 Å². The Labute approximate surface area is 137 Å². The molecule has 2 aliphatic rings. The van der Waals surface area contributed by atoms with Gasteiger partial charge in [0.05, 0.1) is 31.5 Å². The SMILES string of the molecule is CC(C)[C@@H]1O[C@H](CO)[C@H](O)C1O.CC(C)[C@H]1C[C@@H](O)[C@@H](CO)O1. The Morgan fingerprint density at radius 3 is 1.65 bits per heavy atom. The van der Waals surface area contributed by atoms with Gasteiger partial charge < -0.3 is 35.0 Å². The predicted molar refractivity (Wildman–Crippen MR) is 83.8 cm³/mol. The highest BCUT2D eigenvalue weighted by Gasteiger charge is 2.43. The van der Waals surface area contributed by atoms with Crippen LogP contribution in [-0.2, 0) is 9.47 Å². The molecule has 2 saturated heterocycles. The third-order valence-electron chi connectivity index (χ3n) is 4.41. The normalized spacial score (nSPS) is 40.6. The molecule has 0 spiro atoms. The Bertz CT molecular complexity index is 336. The lowest BCUT2D eigenvalue weighted by Gasteiger charge is -2.17. The monoisotopic (exact) mass is 336 g/mol. The first kappa shape index (κ1) is 20.8. The van der Waals surface area contributed by atoms with Gasteiger partial charge in [0, 0.05) is 6.42 Å². The fourth-order valence-electron chi connectivity index (χ4n) is 2.83. The Morgan fingerprint density at radius 1 is 0.826 bits per heavy atom. The highest BCUT2D eigenvalue weighted by atomic mass is 16.6. The van der Waals surface area contributed by atoms with Crippen molar-refractivity contribution in [3.63, 3.8) is 0 Å². The van der Waals surface area contributed by atoms with Gasteiger partial charge in [0.2, 0.25) is 0 Å². The summed E-state index contributed by atoms with van der Waals surface area (Å²) in [6, 6.07) is 0. The van der Waals surface area contributed by atoms with Crippen molar-refractivity contribution in [3.8, 4) is 0 Å². The van der Waals surface area contributed by atoms with Crippen molar-refractivity contribution in [2.24, 2.45) is 11.8 Å². The maximum absolute atomic E-state index is 9.44. The number of hydrogen-bond acceptors (Lipinski definition) is 7. The zero-order valence-electron chi connectivity index (χ0n) is 14.4. The molecule has 0 aliphatic carbocycles. The van der Waals surface area contributed by atoms with Crippen LogP contribution in [0.5, 0.6) is 0 Å². The Balaban J connectivity index is 0.000000231. The number of rotatable bonds is 4. The van der Waals surface area contributed by atoms with Gasteiger partial charge in [-0.1, -0.05) is 27.7 Å². The summed E-state index contributed by atoms with van der Waals surface area (Å²) in [5, 5.41) is 45.6. The molecule has 2 heterocycles. The van der Waals surface area contributed by atoms with E-state index in [-0.39, 0.29) is 37.4 Å². The topological polar surface area (TPSA) is 120 Å². The molecule has 7 heteroatoms. The number of ether oxygens (including phenoxy) is 2. The fourth-order valence-corrected chi connectivity index (χ4v) is 2.83. The van der Waals surface area contributed by atoms with Crippen LogP contribution in [0.3, 0.4) is 0 Å². The van der Waals surface area contributed by atoms with E-state index in [2.05, 4.69) is 13.8 Å². The number of aliphatic hydroxyl groups excluding tert-OH is 5. The Morgan fingerprint density at radius 2 is 1.39 bits per heavy atom. The minimum Gasteiger partial charge on any atom is -0.394 e. The van der Waals surface area contributed by atoms with Crippen LogP contribution in [-0.4, -0.2) is 81.5 Å². The highest BCUT2D eigenvalue weighted by molar-refractivity contribution is 4.91. The highest BCUT2D eigenvalue weighted by Crippen LogP contribution is 2.26. The van der Waals surface area contributed by atoms with Gasteiger partial charge in [-0.25, -0.2) is 0 Å². The van der Waals surface area contributed by atoms with Gasteiger partial charge in [-0.15, -0.1) is 0 Å². The summed E-state index contributed by atoms with van der Waals surface area (Å²) in [6.07, 6.45) is -2.89. The number of hydrogen-bond donors (Lipinski definition) is 5. The summed E-state index contributed by atoms with van der Waals surface area (Å²) >= 11 is 0. The fraction of sp³-hybridized carbons (Fsp3) is 1.00. The average Bonchev–Trinajstić information content (AvgIpc) is 3.01. The van der Waals surface area contributed by atoms with E-state index < -0.39 is 24.4 Å². The van der Waals surface area contributed by atoms with E-state index in [0.29, 0.717) is 12.3 Å². The molecular formula is C16H32O7. The van der Waals surface area contributed by atoms with Gasteiger partial charge >= 0.3 is 0 Å². The van der Waals surface area contributed by atoms with Crippen LogP contribution in [0.25, 0.3) is 0 Å². The molecule has 7 atom stereocenters. The second kappa shape index (κ2) is 9.27. The molecule has 2 rings (SSSR count). The molecule has 0 aromatic rings. The lowest BCUT2D eigenvalue weighted by atomic mass is 10.00. The molecule has 7 nitrogen and oxygen atoms in total. The predicted octanol–water partition coefficient (Wildman–Crippen LogP) is -0.723. The minimum atomic E-state index is -0.956. The molecule has 0 aromatic heterocycles. The lowest BCUT2D eigenvalue weighted by Crippen LogP contribution is -2.35. The van der Waals surface area contributed by atoms with Crippen molar-refractivity contribution in [2.45, 2.75) is 76.8 Å². The molecule has 0 bridgehead atoms. The Hall–Kier alpha value is -0.280. The molecule has 0 radical (unpaired) electrons. The van der Waals surface area contributed by atoms with E-state index in [1.54, 1.807) is 0 Å².